The van der Waals surface area contributed by atoms with E-state index in [4.69, 9.17) is 26.8 Å². The van der Waals surface area contributed by atoms with Gasteiger partial charge in [0.05, 0.1) is 0 Å². The molecule has 0 aliphatic carbocycles. The van der Waals surface area contributed by atoms with Crippen molar-refractivity contribution >= 4 is 11.6 Å². The highest BCUT2D eigenvalue weighted by molar-refractivity contribution is 6.30. The van der Waals surface area contributed by atoms with Gasteiger partial charge in [-0.3, -0.25) is 0 Å². The highest BCUT2D eigenvalue weighted by Gasteiger charge is 2.17. The van der Waals surface area contributed by atoms with Gasteiger partial charge in [-0.05, 0) is 49.4 Å². The summed E-state index contributed by atoms with van der Waals surface area (Å²) in [6, 6.07) is 7.46. The van der Waals surface area contributed by atoms with Crippen LogP contribution in [0, 0.1) is 5.92 Å². The van der Waals surface area contributed by atoms with E-state index in [1.807, 2.05) is 24.3 Å². The Labute approximate surface area is 113 Å². The van der Waals surface area contributed by atoms with Crippen LogP contribution in [0.2, 0.25) is 5.02 Å². The van der Waals surface area contributed by atoms with E-state index in [0.717, 1.165) is 38.2 Å². The summed E-state index contributed by atoms with van der Waals surface area (Å²) in [6.07, 6.45) is 3.25. The summed E-state index contributed by atoms with van der Waals surface area (Å²) in [5.74, 6) is 1.50. The minimum absolute atomic E-state index is 0.0868. The number of halogens is 1. The van der Waals surface area contributed by atoms with Crippen LogP contribution in [0.1, 0.15) is 19.3 Å². The van der Waals surface area contributed by atoms with E-state index in [0.29, 0.717) is 17.5 Å². The fourth-order valence-corrected chi connectivity index (χ4v) is 2.34. The maximum atomic E-state index is 6.09. The molecule has 1 heterocycles. The highest BCUT2D eigenvalue weighted by Crippen LogP contribution is 2.20. The van der Waals surface area contributed by atoms with Crippen LogP contribution in [0.5, 0.6) is 5.75 Å². The molecule has 0 amide bonds. The molecule has 0 saturated carbocycles. The average molecular weight is 270 g/mol. The zero-order valence-electron chi connectivity index (χ0n) is 10.5. The summed E-state index contributed by atoms with van der Waals surface area (Å²) in [4.78, 5) is 0. The van der Waals surface area contributed by atoms with Crippen molar-refractivity contribution in [1.29, 1.82) is 0 Å². The van der Waals surface area contributed by atoms with Crippen LogP contribution in [0.3, 0.4) is 0 Å². The van der Waals surface area contributed by atoms with Gasteiger partial charge in [0.1, 0.15) is 12.4 Å². The monoisotopic (exact) mass is 269 g/mol. The lowest BCUT2D eigenvalue weighted by Gasteiger charge is -2.24. The van der Waals surface area contributed by atoms with E-state index >= 15 is 0 Å². The Kier molecular flexibility index (Phi) is 5.29. The lowest BCUT2D eigenvalue weighted by Crippen LogP contribution is -2.32. The summed E-state index contributed by atoms with van der Waals surface area (Å²) in [6.45, 7) is 2.30. The van der Waals surface area contributed by atoms with Crippen LogP contribution in [-0.4, -0.2) is 25.9 Å². The third kappa shape index (κ3) is 4.48. The number of hydrogen-bond donors (Lipinski definition) is 1. The van der Waals surface area contributed by atoms with Gasteiger partial charge in [0, 0.05) is 24.3 Å². The summed E-state index contributed by atoms with van der Waals surface area (Å²) in [5, 5.41) is 0.717. The Hall–Kier alpha value is -0.770. The van der Waals surface area contributed by atoms with Crippen molar-refractivity contribution in [1.82, 2.24) is 0 Å². The summed E-state index contributed by atoms with van der Waals surface area (Å²) < 4.78 is 11.0. The van der Waals surface area contributed by atoms with Gasteiger partial charge >= 0.3 is 0 Å². The van der Waals surface area contributed by atoms with Crippen molar-refractivity contribution in [3.8, 4) is 5.75 Å². The van der Waals surface area contributed by atoms with Crippen LogP contribution in [0.15, 0.2) is 24.3 Å². The van der Waals surface area contributed by atoms with E-state index in [1.165, 1.54) is 0 Å². The highest BCUT2D eigenvalue weighted by atomic mass is 35.5. The fourth-order valence-electron chi connectivity index (χ4n) is 2.21. The fraction of sp³-hybridized carbons (Fsp3) is 0.571. The first-order chi connectivity index (χ1) is 8.74. The molecule has 18 heavy (non-hydrogen) atoms. The van der Waals surface area contributed by atoms with Crippen LogP contribution < -0.4 is 10.5 Å². The molecule has 100 valence electrons. The quantitative estimate of drug-likeness (QED) is 0.894. The first-order valence-corrected chi connectivity index (χ1v) is 6.83. The molecule has 3 nitrogen and oxygen atoms in total. The van der Waals surface area contributed by atoms with Gasteiger partial charge in [0.15, 0.2) is 0 Å². The standard InChI is InChI=1S/C14H20ClNO2/c15-12-1-3-14(4-2-12)18-10-13(16)9-11-5-7-17-8-6-11/h1-4,11,13H,5-10,16H2. The zero-order chi connectivity index (χ0) is 12.8. The predicted octanol–water partition coefficient (Wildman–Crippen LogP) is 2.86. The van der Waals surface area contributed by atoms with E-state index in [9.17, 15) is 0 Å². The first-order valence-electron chi connectivity index (χ1n) is 6.46. The van der Waals surface area contributed by atoms with Gasteiger partial charge < -0.3 is 15.2 Å². The molecule has 0 bridgehead atoms. The molecule has 1 aromatic carbocycles. The van der Waals surface area contributed by atoms with E-state index in [2.05, 4.69) is 0 Å². The number of ether oxygens (including phenoxy) is 2. The maximum Gasteiger partial charge on any atom is 0.119 e. The minimum Gasteiger partial charge on any atom is -0.492 e. The largest absolute Gasteiger partial charge is 0.492 e. The van der Waals surface area contributed by atoms with Gasteiger partial charge in [-0.1, -0.05) is 11.6 Å². The molecule has 0 spiro atoms. The van der Waals surface area contributed by atoms with Crippen LogP contribution in [0.25, 0.3) is 0 Å². The molecular weight excluding hydrogens is 250 g/mol. The van der Waals surface area contributed by atoms with E-state index < -0.39 is 0 Å². The van der Waals surface area contributed by atoms with Crippen molar-refractivity contribution in [3.63, 3.8) is 0 Å². The summed E-state index contributed by atoms with van der Waals surface area (Å²) >= 11 is 5.81. The van der Waals surface area contributed by atoms with Gasteiger partial charge in [0.2, 0.25) is 0 Å². The molecule has 1 aliphatic heterocycles. The van der Waals surface area contributed by atoms with Crippen molar-refractivity contribution in [2.75, 3.05) is 19.8 Å². The second-order valence-corrected chi connectivity index (χ2v) is 5.25. The molecule has 0 aromatic heterocycles. The Morgan fingerprint density at radius 1 is 1.28 bits per heavy atom. The Balaban J connectivity index is 1.70. The molecule has 0 radical (unpaired) electrons. The minimum atomic E-state index is 0.0868. The van der Waals surface area contributed by atoms with Gasteiger partial charge in [-0.15, -0.1) is 0 Å². The van der Waals surface area contributed by atoms with Crippen molar-refractivity contribution in [2.24, 2.45) is 11.7 Å². The number of hydrogen-bond acceptors (Lipinski definition) is 3. The SMILES string of the molecule is NC(COc1ccc(Cl)cc1)CC1CCOCC1. The average Bonchev–Trinajstić information content (AvgIpc) is 2.39. The van der Waals surface area contributed by atoms with E-state index in [-0.39, 0.29) is 6.04 Å². The van der Waals surface area contributed by atoms with Gasteiger partial charge in [0.25, 0.3) is 0 Å². The zero-order valence-corrected chi connectivity index (χ0v) is 11.2. The Morgan fingerprint density at radius 3 is 2.61 bits per heavy atom. The molecular formula is C14H20ClNO2. The smallest absolute Gasteiger partial charge is 0.119 e. The topological polar surface area (TPSA) is 44.5 Å². The maximum absolute atomic E-state index is 6.09. The number of rotatable bonds is 5. The molecule has 2 rings (SSSR count). The van der Waals surface area contributed by atoms with E-state index in [1.54, 1.807) is 0 Å². The molecule has 1 fully saturated rings. The predicted molar refractivity (Wildman–Crippen MR) is 73.1 cm³/mol. The second kappa shape index (κ2) is 6.98. The number of nitrogens with two attached hydrogens (primary N) is 1. The van der Waals surface area contributed by atoms with Crippen LogP contribution >= 0.6 is 11.6 Å². The molecule has 1 atom stereocenters. The molecule has 1 aliphatic rings. The molecule has 1 aromatic rings. The normalized spacial score (nSPS) is 18.6. The third-order valence-corrected chi connectivity index (χ3v) is 3.51. The second-order valence-electron chi connectivity index (χ2n) is 4.82. The lowest BCUT2D eigenvalue weighted by molar-refractivity contribution is 0.0600. The lowest BCUT2D eigenvalue weighted by atomic mass is 9.93. The molecule has 4 heteroatoms. The van der Waals surface area contributed by atoms with Crippen molar-refractivity contribution < 1.29 is 9.47 Å². The first kappa shape index (κ1) is 13.7. The van der Waals surface area contributed by atoms with Crippen molar-refractivity contribution in [3.05, 3.63) is 29.3 Å². The Bertz CT molecular complexity index is 349. The number of benzene rings is 1. The van der Waals surface area contributed by atoms with Gasteiger partial charge in [-0.25, -0.2) is 0 Å². The van der Waals surface area contributed by atoms with Crippen molar-refractivity contribution in [2.45, 2.75) is 25.3 Å². The van der Waals surface area contributed by atoms with Gasteiger partial charge in [-0.2, -0.15) is 0 Å². The summed E-state index contributed by atoms with van der Waals surface area (Å²) in [7, 11) is 0. The molecule has 2 N–H and O–H groups in total. The molecule has 1 unspecified atom stereocenters. The Morgan fingerprint density at radius 2 is 1.94 bits per heavy atom. The van der Waals surface area contributed by atoms with Crippen LogP contribution in [-0.2, 0) is 4.74 Å². The molecule has 1 saturated heterocycles. The summed E-state index contributed by atoms with van der Waals surface area (Å²) in [5.41, 5.74) is 6.09. The third-order valence-electron chi connectivity index (χ3n) is 3.25. The van der Waals surface area contributed by atoms with Crippen LogP contribution in [0.4, 0.5) is 0 Å².